The molecule has 0 aromatic carbocycles. The third kappa shape index (κ3) is 4.43. The van der Waals surface area contributed by atoms with Crippen LogP contribution in [0.15, 0.2) is 0 Å². The van der Waals surface area contributed by atoms with Gasteiger partial charge in [-0.3, -0.25) is 0 Å². The molecule has 4 N–H and O–H groups in total. The molecule has 0 saturated carbocycles. The van der Waals surface area contributed by atoms with Crippen LogP contribution in [0.5, 0.6) is 0 Å². The zero-order chi connectivity index (χ0) is 7.28. The topological polar surface area (TPSA) is 52.0 Å². The van der Waals surface area contributed by atoms with E-state index in [-0.39, 0.29) is 12.1 Å². The second-order valence-electron chi connectivity index (χ2n) is 2.67. The zero-order valence-corrected chi connectivity index (χ0v) is 6.43. The Balaban J connectivity index is 3.16. The highest BCUT2D eigenvalue weighted by Crippen LogP contribution is 1.99. The van der Waals surface area contributed by atoms with E-state index >= 15 is 0 Å². The number of nitrogens with two attached hydrogens (primary N) is 2. The van der Waals surface area contributed by atoms with Gasteiger partial charge in [-0.05, 0) is 13.3 Å². The maximum Gasteiger partial charge on any atom is 0.0189 e. The smallest absolute Gasteiger partial charge is 0.0189 e. The standard InChI is InChI=1S/C7H18N2/c1-3-4-5-7(9)6(2)8/h6-7H,3-5,8-9H2,1-2H3/t6-,7-/m0/s1. The Labute approximate surface area is 57.6 Å². The summed E-state index contributed by atoms with van der Waals surface area (Å²) in [5.74, 6) is 0. The molecule has 0 heterocycles. The van der Waals surface area contributed by atoms with Gasteiger partial charge in [0, 0.05) is 12.1 Å². The number of hydrogen-bond donors (Lipinski definition) is 2. The SMILES string of the molecule is CCCC[C@H](N)[C@H](C)N. The van der Waals surface area contributed by atoms with Gasteiger partial charge in [0.25, 0.3) is 0 Å². The molecule has 2 heteroatoms. The van der Waals surface area contributed by atoms with Crippen LogP contribution in [-0.4, -0.2) is 12.1 Å². The van der Waals surface area contributed by atoms with Crippen molar-refractivity contribution >= 4 is 0 Å². The lowest BCUT2D eigenvalue weighted by molar-refractivity contribution is 0.503. The quantitative estimate of drug-likeness (QED) is 0.592. The van der Waals surface area contributed by atoms with Crippen LogP contribution in [0.3, 0.4) is 0 Å². The average Bonchev–Trinajstić information content (AvgIpc) is 1.82. The molecule has 0 aliphatic carbocycles. The second kappa shape index (κ2) is 4.77. The lowest BCUT2D eigenvalue weighted by atomic mass is 10.1. The summed E-state index contributed by atoms with van der Waals surface area (Å²) in [6, 6.07) is 0.349. The number of unbranched alkanes of at least 4 members (excludes halogenated alkanes) is 1. The van der Waals surface area contributed by atoms with Gasteiger partial charge in [-0.1, -0.05) is 19.8 Å². The summed E-state index contributed by atoms with van der Waals surface area (Å²) in [7, 11) is 0. The van der Waals surface area contributed by atoms with Crippen molar-refractivity contribution in [3.63, 3.8) is 0 Å². The molecule has 0 bridgehead atoms. The monoisotopic (exact) mass is 130 g/mol. The van der Waals surface area contributed by atoms with Crippen molar-refractivity contribution in [2.45, 2.75) is 45.2 Å². The fourth-order valence-electron chi connectivity index (χ4n) is 0.703. The fraction of sp³-hybridized carbons (Fsp3) is 1.00. The Kier molecular flexibility index (Phi) is 4.72. The van der Waals surface area contributed by atoms with Crippen LogP contribution in [0, 0.1) is 0 Å². The molecule has 2 atom stereocenters. The fourth-order valence-corrected chi connectivity index (χ4v) is 0.703. The molecule has 0 spiro atoms. The summed E-state index contributed by atoms with van der Waals surface area (Å²) in [6.07, 6.45) is 3.47. The van der Waals surface area contributed by atoms with Crippen LogP contribution in [0.2, 0.25) is 0 Å². The zero-order valence-electron chi connectivity index (χ0n) is 6.43. The molecule has 0 aliphatic heterocycles. The average molecular weight is 130 g/mol. The van der Waals surface area contributed by atoms with Crippen molar-refractivity contribution in [2.24, 2.45) is 11.5 Å². The van der Waals surface area contributed by atoms with Gasteiger partial charge in [0.05, 0.1) is 0 Å². The minimum absolute atomic E-state index is 0.150. The minimum atomic E-state index is 0.150. The largest absolute Gasteiger partial charge is 0.327 e. The van der Waals surface area contributed by atoms with Gasteiger partial charge in [0.1, 0.15) is 0 Å². The molecule has 0 aromatic heterocycles. The summed E-state index contributed by atoms with van der Waals surface area (Å²) < 4.78 is 0. The summed E-state index contributed by atoms with van der Waals surface area (Å²) >= 11 is 0. The highest BCUT2D eigenvalue weighted by Gasteiger charge is 2.05. The predicted molar refractivity (Wildman–Crippen MR) is 41.1 cm³/mol. The summed E-state index contributed by atoms with van der Waals surface area (Å²) in [6.45, 7) is 4.12. The van der Waals surface area contributed by atoms with Crippen LogP contribution < -0.4 is 11.5 Å². The number of rotatable bonds is 4. The molecular formula is C7H18N2. The molecule has 0 saturated heterocycles. The van der Waals surface area contributed by atoms with Crippen LogP contribution in [0.25, 0.3) is 0 Å². The Morgan fingerprint density at radius 2 is 1.89 bits per heavy atom. The molecule has 56 valence electrons. The summed E-state index contributed by atoms with van der Waals surface area (Å²) in [4.78, 5) is 0. The van der Waals surface area contributed by atoms with Crippen molar-refractivity contribution < 1.29 is 0 Å². The summed E-state index contributed by atoms with van der Waals surface area (Å²) in [5.41, 5.74) is 11.2. The maximum absolute atomic E-state index is 5.68. The van der Waals surface area contributed by atoms with E-state index in [1.165, 1.54) is 12.8 Å². The van der Waals surface area contributed by atoms with Gasteiger partial charge in [-0.15, -0.1) is 0 Å². The van der Waals surface area contributed by atoms with E-state index in [1.807, 2.05) is 6.92 Å². The van der Waals surface area contributed by atoms with Crippen LogP contribution in [0.1, 0.15) is 33.1 Å². The van der Waals surface area contributed by atoms with Gasteiger partial charge < -0.3 is 11.5 Å². The predicted octanol–water partition coefficient (Wildman–Crippen LogP) is 0.851. The van der Waals surface area contributed by atoms with E-state index in [9.17, 15) is 0 Å². The molecular weight excluding hydrogens is 112 g/mol. The Hall–Kier alpha value is -0.0800. The van der Waals surface area contributed by atoms with E-state index < -0.39 is 0 Å². The Bertz CT molecular complexity index is 61.9. The lowest BCUT2D eigenvalue weighted by Crippen LogP contribution is -2.38. The molecule has 0 amide bonds. The van der Waals surface area contributed by atoms with Crippen molar-refractivity contribution in [1.29, 1.82) is 0 Å². The Morgan fingerprint density at radius 1 is 1.33 bits per heavy atom. The molecule has 0 rings (SSSR count). The van der Waals surface area contributed by atoms with E-state index in [2.05, 4.69) is 6.92 Å². The normalized spacial score (nSPS) is 17.3. The van der Waals surface area contributed by atoms with Crippen LogP contribution in [-0.2, 0) is 0 Å². The van der Waals surface area contributed by atoms with Gasteiger partial charge in [0.15, 0.2) is 0 Å². The first-order valence-corrected chi connectivity index (χ1v) is 3.69. The third-order valence-corrected chi connectivity index (χ3v) is 1.57. The van der Waals surface area contributed by atoms with Gasteiger partial charge in [-0.2, -0.15) is 0 Å². The first kappa shape index (κ1) is 8.92. The van der Waals surface area contributed by atoms with Crippen molar-refractivity contribution in [1.82, 2.24) is 0 Å². The van der Waals surface area contributed by atoms with E-state index in [1.54, 1.807) is 0 Å². The maximum atomic E-state index is 5.68. The molecule has 9 heavy (non-hydrogen) atoms. The van der Waals surface area contributed by atoms with E-state index in [4.69, 9.17) is 11.5 Å². The third-order valence-electron chi connectivity index (χ3n) is 1.57. The minimum Gasteiger partial charge on any atom is -0.327 e. The van der Waals surface area contributed by atoms with Crippen molar-refractivity contribution in [3.8, 4) is 0 Å². The molecule has 0 aromatic rings. The molecule has 0 radical (unpaired) electrons. The first-order valence-electron chi connectivity index (χ1n) is 3.69. The first-order chi connectivity index (χ1) is 4.18. The van der Waals surface area contributed by atoms with Gasteiger partial charge in [-0.25, -0.2) is 0 Å². The number of hydrogen-bond acceptors (Lipinski definition) is 2. The summed E-state index contributed by atoms with van der Waals surface area (Å²) in [5, 5.41) is 0. The second-order valence-corrected chi connectivity index (χ2v) is 2.67. The molecule has 0 unspecified atom stereocenters. The molecule has 0 fully saturated rings. The van der Waals surface area contributed by atoms with Crippen molar-refractivity contribution in [2.75, 3.05) is 0 Å². The highest BCUT2D eigenvalue weighted by atomic mass is 14.8. The Morgan fingerprint density at radius 3 is 2.22 bits per heavy atom. The lowest BCUT2D eigenvalue weighted by Gasteiger charge is -2.13. The van der Waals surface area contributed by atoms with Gasteiger partial charge in [0.2, 0.25) is 0 Å². The molecule has 0 aliphatic rings. The highest BCUT2D eigenvalue weighted by molar-refractivity contribution is 4.70. The van der Waals surface area contributed by atoms with Gasteiger partial charge >= 0.3 is 0 Å². The molecule has 2 nitrogen and oxygen atoms in total. The van der Waals surface area contributed by atoms with Crippen LogP contribution >= 0.6 is 0 Å². The van der Waals surface area contributed by atoms with E-state index in [0.717, 1.165) is 6.42 Å². The van der Waals surface area contributed by atoms with Crippen LogP contribution in [0.4, 0.5) is 0 Å². The van der Waals surface area contributed by atoms with Crippen molar-refractivity contribution in [3.05, 3.63) is 0 Å². The van der Waals surface area contributed by atoms with E-state index in [0.29, 0.717) is 0 Å².